The number of hydrogen-bond donors (Lipinski definition) is 2. The fourth-order valence-electron chi connectivity index (χ4n) is 2.56. The number of carbonyl (C=O) groups excluding carboxylic acids is 1. The molecule has 2 rings (SSSR count). The second kappa shape index (κ2) is 11.6. The Kier molecular flexibility index (Phi) is 8.85. The second-order valence-electron chi connectivity index (χ2n) is 6.51. The summed E-state index contributed by atoms with van der Waals surface area (Å²) in [6, 6.07) is 18.1. The van der Waals surface area contributed by atoms with Gasteiger partial charge in [0.1, 0.15) is 5.75 Å². The fourth-order valence-corrected chi connectivity index (χ4v) is 2.56. The molecule has 0 saturated carbocycles. The molecule has 0 spiro atoms. The minimum atomic E-state index is -0.00715. The Labute approximate surface area is 167 Å². The van der Waals surface area contributed by atoms with Gasteiger partial charge in [-0.25, -0.2) is 4.99 Å². The van der Waals surface area contributed by atoms with Gasteiger partial charge in [0.25, 0.3) is 0 Å². The van der Waals surface area contributed by atoms with Crippen LogP contribution in [0.1, 0.15) is 18.1 Å². The number of aliphatic imine (C=N–C) groups is 1. The monoisotopic (exact) mass is 382 g/mol. The van der Waals surface area contributed by atoms with Crippen molar-refractivity contribution >= 4 is 11.9 Å². The van der Waals surface area contributed by atoms with E-state index >= 15 is 0 Å². The van der Waals surface area contributed by atoms with Crippen molar-refractivity contribution in [3.63, 3.8) is 0 Å². The molecule has 0 aliphatic carbocycles. The van der Waals surface area contributed by atoms with E-state index in [1.807, 2.05) is 49.4 Å². The first-order valence-corrected chi connectivity index (χ1v) is 9.57. The average Bonchev–Trinajstić information content (AvgIpc) is 2.71. The van der Waals surface area contributed by atoms with Gasteiger partial charge in [0, 0.05) is 26.2 Å². The molecule has 28 heavy (non-hydrogen) atoms. The summed E-state index contributed by atoms with van der Waals surface area (Å²) in [7, 11) is 3.48. The minimum Gasteiger partial charge on any atom is -0.494 e. The van der Waals surface area contributed by atoms with E-state index in [0.29, 0.717) is 19.1 Å². The zero-order valence-electron chi connectivity index (χ0n) is 16.9. The van der Waals surface area contributed by atoms with Crippen LogP contribution in [0.4, 0.5) is 0 Å². The van der Waals surface area contributed by atoms with Gasteiger partial charge in [-0.15, -0.1) is 0 Å². The van der Waals surface area contributed by atoms with Crippen LogP contribution in [0.15, 0.2) is 59.6 Å². The smallest absolute Gasteiger partial charge is 0.241 e. The molecule has 0 fully saturated rings. The van der Waals surface area contributed by atoms with Crippen LogP contribution in [0.5, 0.6) is 5.75 Å². The number of nitrogens with one attached hydrogen (secondary N) is 2. The lowest BCUT2D eigenvalue weighted by atomic mass is 10.1. The Balaban J connectivity index is 2.01. The largest absolute Gasteiger partial charge is 0.494 e. The zero-order chi connectivity index (χ0) is 20.2. The fraction of sp³-hybridized carbons (Fsp3) is 0.364. The summed E-state index contributed by atoms with van der Waals surface area (Å²) in [6.07, 6.45) is 0.874. The minimum absolute atomic E-state index is 0.00715. The summed E-state index contributed by atoms with van der Waals surface area (Å²) in [5.41, 5.74) is 2.26. The first-order chi connectivity index (χ1) is 13.6. The lowest BCUT2D eigenvalue weighted by Gasteiger charge is -2.15. The van der Waals surface area contributed by atoms with Crippen LogP contribution in [0.25, 0.3) is 0 Å². The summed E-state index contributed by atoms with van der Waals surface area (Å²) in [4.78, 5) is 18.1. The highest BCUT2D eigenvalue weighted by Crippen LogP contribution is 2.18. The lowest BCUT2D eigenvalue weighted by Crippen LogP contribution is -2.43. The van der Waals surface area contributed by atoms with E-state index in [-0.39, 0.29) is 12.5 Å². The maximum atomic E-state index is 11.9. The Morgan fingerprint density at radius 1 is 1.04 bits per heavy atom. The number of nitrogens with zero attached hydrogens (tertiary/aromatic N) is 2. The van der Waals surface area contributed by atoms with Crippen molar-refractivity contribution in [3.8, 4) is 5.75 Å². The van der Waals surface area contributed by atoms with Crippen LogP contribution in [-0.2, 0) is 17.8 Å². The van der Waals surface area contributed by atoms with E-state index in [0.717, 1.165) is 24.3 Å². The number of likely N-dealkylation sites (N-methyl/N-ethyl adjacent to an activating group) is 1. The molecular weight excluding hydrogens is 352 g/mol. The van der Waals surface area contributed by atoms with Crippen molar-refractivity contribution in [3.05, 3.63) is 65.7 Å². The highest BCUT2D eigenvalue weighted by molar-refractivity contribution is 5.86. The van der Waals surface area contributed by atoms with E-state index in [1.54, 1.807) is 19.0 Å². The van der Waals surface area contributed by atoms with E-state index in [1.165, 1.54) is 5.56 Å². The number of benzene rings is 2. The Morgan fingerprint density at radius 2 is 1.75 bits per heavy atom. The van der Waals surface area contributed by atoms with Crippen molar-refractivity contribution in [1.82, 2.24) is 15.5 Å². The Hall–Kier alpha value is -3.02. The van der Waals surface area contributed by atoms with Crippen molar-refractivity contribution in [2.24, 2.45) is 4.99 Å². The van der Waals surface area contributed by atoms with Crippen LogP contribution in [-0.4, -0.2) is 50.6 Å². The molecule has 0 unspecified atom stereocenters. The molecule has 1 amide bonds. The van der Waals surface area contributed by atoms with E-state index in [9.17, 15) is 4.79 Å². The van der Waals surface area contributed by atoms with Crippen LogP contribution in [0.3, 0.4) is 0 Å². The molecule has 0 heterocycles. The lowest BCUT2D eigenvalue weighted by molar-refractivity contribution is -0.127. The summed E-state index contributed by atoms with van der Waals surface area (Å²) in [5.74, 6) is 1.44. The van der Waals surface area contributed by atoms with Crippen molar-refractivity contribution in [2.45, 2.75) is 19.9 Å². The third-order valence-corrected chi connectivity index (χ3v) is 4.13. The van der Waals surface area contributed by atoms with E-state index < -0.39 is 0 Å². The molecule has 0 aliphatic heterocycles. The number of guanidine groups is 1. The van der Waals surface area contributed by atoms with Crippen LogP contribution >= 0.6 is 0 Å². The number of carbonyl (C=O) groups is 1. The van der Waals surface area contributed by atoms with Crippen LogP contribution in [0, 0.1) is 0 Å². The van der Waals surface area contributed by atoms with Crippen LogP contribution < -0.4 is 15.4 Å². The topological polar surface area (TPSA) is 66.0 Å². The van der Waals surface area contributed by atoms with Gasteiger partial charge in [0.2, 0.25) is 5.91 Å². The molecule has 0 bridgehead atoms. The molecule has 0 aromatic heterocycles. The first kappa shape index (κ1) is 21.3. The Morgan fingerprint density at radius 3 is 2.46 bits per heavy atom. The van der Waals surface area contributed by atoms with Crippen molar-refractivity contribution in [1.29, 1.82) is 0 Å². The first-order valence-electron chi connectivity index (χ1n) is 9.57. The normalized spacial score (nSPS) is 11.0. The molecule has 0 aliphatic rings. The SMILES string of the molecule is CCOc1ccccc1CN=C(NCCc1ccccc1)NCC(=O)N(C)C. The molecule has 0 radical (unpaired) electrons. The maximum absolute atomic E-state index is 11.9. The van der Waals surface area contributed by atoms with Crippen molar-refractivity contribution in [2.75, 3.05) is 33.8 Å². The van der Waals surface area contributed by atoms with Gasteiger partial charge in [0.05, 0.1) is 19.7 Å². The number of ether oxygens (including phenoxy) is 1. The summed E-state index contributed by atoms with van der Waals surface area (Å²) < 4.78 is 5.67. The maximum Gasteiger partial charge on any atom is 0.241 e. The standard InChI is InChI=1S/C22H30N4O2/c1-4-28-20-13-9-8-12-19(20)16-24-22(25-17-21(27)26(2)3)23-15-14-18-10-6-5-7-11-18/h5-13H,4,14-17H2,1-3H3,(H2,23,24,25). The molecule has 150 valence electrons. The summed E-state index contributed by atoms with van der Waals surface area (Å²) in [6.45, 7) is 3.95. The Bertz CT molecular complexity index is 760. The van der Waals surface area contributed by atoms with Gasteiger partial charge < -0.3 is 20.3 Å². The molecule has 6 nitrogen and oxygen atoms in total. The number of hydrogen-bond acceptors (Lipinski definition) is 3. The van der Waals surface area contributed by atoms with E-state index in [2.05, 4.69) is 27.8 Å². The van der Waals surface area contributed by atoms with Gasteiger partial charge in [-0.1, -0.05) is 48.5 Å². The number of amides is 1. The molecule has 2 aromatic carbocycles. The molecule has 6 heteroatoms. The van der Waals surface area contributed by atoms with E-state index in [4.69, 9.17) is 4.74 Å². The third-order valence-electron chi connectivity index (χ3n) is 4.13. The third kappa shape index (κ3) is 7.31. The second-order valence-corrected chi connectivity index (χ2v) is 6.51. The number of rotatable bonds is 9. The average molecular weight is 383 g/mol. The van der Waals surface area contributed by atoms with Gasteiger partial charge in [-0.05, 0) is 25.0 Å². The molecule has 2 N–H and O–H groups in total. The molecule has 0 atom stereocenters. The van der Waals surface area contributed by atoms with Gasteiger partial charge in [0.15, 0.2) is 5.96 Å². The van der Waals surface area contributed by atoms with Crippen molar-refractivity contribution < 1.29 is 9.53 Å². The summed E-state index contributed by atoms with van der Waals surface area (Å²) >= 11 is 0. The van der Waals surface area contributed by atoms with Gasteiger partial charge in [-0.3, -0.25) is 4.79 Å². The molecule has 0 saturated heterocycles. The molecule has 2 aromatic rings. The molecular formula is C22H30N4O2. The highest BCUT2D eigenvalue weighted by atomic mass is 16.5. The summed E-state index contributed by atoms with van der Waals surface area (Å²) in [5, 5.41) is 6.43. The van der Waals surface area contributed by atoms with Crippen LogP contribution in [0.2, 0.25) is 0 Å². The predicted molar refractivity (Wildman–Crippen MR) is 114 cm³/mol. The van der Waals surface area contributed by atoms with Gasteiger partial charge in [-0.2, -0.15) is 0 Å². The quantitative estimate of drug-likeness (QED) is 0.516. The predicted octanol–water partition coefficient (Wildman–Crippen LogP) is 2.45. The van der Waals surface area contributed by atoms with Gasteiger partial charge >= 0.3 is 0 Å². The zero-order valence-corrected chi connectivity index (χ0v) is 16.9. The number of para-hydroxylation sites is 1. The highest BCUT2D eigenvalue weighted by Gasteiger charge is 2.07.